The minimum atomic E-state index is -0.223. The van der Waals surface area contributed by atoms with Crippen molar-refractivity contribution in [1.82, 2.24) is 0 Å². The summed E-state index contributed by atoms with van der Waals surface area (Å²) >= 11 is 0. The summed E-state index contributed by atoms with van der Waals surface area (Å²) in [5.41, 5.74) is 10.0. The van der Waals surface area contributed by atoms with E-state index in [1.807, 2.05) is 38.1 Å². The molecule has 0 saturated heterocycles. The van der Waals surface area contributed by atoms with E-state index in [4.69, 9.17) is 5.73 Å². The third-order valence-corrected chi connectivity index (χ3v) is 3.67. The van der Waals surface area contributed by atoms with Crippen LogP contribution < -0.4 is 5.73 Å². The number of aryl methyl sites for hydroxylation is 3. The molecule has 0 saturated carbocycles. The van der Waals surface area contributed by atoms with Gasteiger partial charge in [-0.15, -0.1) is 0 Å². The quantitative estimate of drug-likeness (QED) is 0.853. The molecule has 0 amide bonds. The Labute approximate surface area is 120 Å². The Bertz CT molecular complexity index is 540. The van der Waals surface area contributed by atoms with Gasteiger partial charge in [0.05, 0.1) is 0 Å². The van der Waals surface area contributed by atoms with Crippen LogP contribution >= 0.6 is 0 Å². The van der Waals surface area contributed by atoms with E-state index in [0.29, 0.717) is 5.56 Å². The van der Waals surface area contributed by atoms with Gasteiger partial charge in [-0.25, -0.2) is 4.39 Å². The highest BCUT2D eigenvalue weighted by Gasteiger charge is 2.14. The van der Waals surface area contributed by atoms with Crippen LogP contribution in [0, 0.1) is 19.7 Å². The summed E-state index contributed by atoms with van der Waals surface area (Å²) in [5.74, 6) is -0.172. The Morgan fingerprint density at radius 1 is 1.10 bits per heavy atom. The van der Waals surface area contributed by atoms with Gasteiger partial charge in [-0.2, -0.15) is 0 Å². The van der Waals surface area contributed by atoms with E-state index < -0.39 is 0 Å². The van der Waals surface area contributed by atoms with E-state index in [-0.39, 0.29) is 11.9 Å². The smallest absolute Gasteiger partial charge is 0.128 e. The fourth-order valence-corrected chi connectivity index (χ4v) is 2.71. The second-order valence-corrected chi connectivity index (χ2v) is 5.46. The summed E-state index contributed by atoms with van der Waals surface area (Å²) < 4.78 is 14.0. The van der Waals surface area contributed by atoms with Crippen molar-refractivity contribution in [2.75, 3.05) is 0 Å². The van der Waals surface area contributed by atoms with E-state index in [9.17, 15) is 4.39 Å². The maximum Gasteiger partial charge on any atom is 0.128 e. The molecule has 0 bridgehead atoms. The van der Waals surface area contributed by atoms with Gasteiger partial charge in [-0.1, -0.05) is 36.4 Å². The molecule has 0 aromatic heterocycles. The molecule has 0 spiro atoms. The van der Waals surface area contributed by atoms with Crippen molar-refractivity contribution in [3.8, 4) is 0 Å². The number of halogens is 1. The second-order valence-electron chi connectivity index (χ2n) is 5.46. The Kier molecular flexibility index (Phi) is 4.91. The fourth-order valence-electron chi connectivity index (χ4n) is 2.71. The van der Waals surface area contributed by atoms with Crippen LogP contribution in [0.15, 0.2) is 42.5 Å². The lowest BCUT2D eigenvalue weighted by Gasteiger charge is -2.16. The lowest BCUT2D eigenvalue weighted by Crippen LogP contribution is -2.14. The van der Waals surface area contributed by atoms with Gasteiger partial charge in [0.15, 0.2) is 0 Å². The van der Waals surface area contributed by atoms with E-state index in [1.165, 1.54) is 5.56 Å². The number of rotatable bonds is 5. The molecule has 2 heteroatoms. The molecule has 1 atom stereocenters. The Morgan fingerprint density at radius 3 is 2.45 bits per heavy atom. The van der Waals surface area contributed by atoms with Crippen LogP contribution in [0.2, 0.25) is 0 Å². The normalized spacial score (nSPS) is 12.4. The molecule has 1 nitrogen and oxygen atoms in total. The molecule has 0 heterocycles. The Balaban J connectivity index is 1.97. The van der Waals surface area contributed by atoms with Crippen molar-refractivity contribution in [2.24, 2.45) is 5.73 Å². The van der Waals surface area contributed by atoms with Gasteiger partial charge < -0.3 is 5.73 Å². The lowest BCUT2D eigenvalue weighted by atomic mass is 9.94. The summed E-state index contributed by atoms with van der Waals surface area (Å²) in [6.07, 6.45) is 2.76. The monoisotopic (exact) mass is 271 g/mol. The molecule has 2 rings (SSSR count). The zero-order chi connectivity index (χ0) is 14.5. The Hall–Kier alpha value is -1.67. The molecular formula is C18H22FN. The fraction of sp³-hybridized carbons (Fsp3) is 0.333. The van der Waals surface area contributed by atoms with Gasteiger partial charge >= 0.3 is 0 Å². The van der Waals surface area contributed by atoms with Crippen LogP contribution in [-0.2, 0) is 6.42 Å². The predicted molar refractivity (Wildman–Crippen MR) is 82.2 cm³/mol. The van der Waals surface area contributed by atoms with Crippen molar-refractivity contribution >= 4 is 0 Å². The van der Waals surface area contributed by atoms with Crippen molar-refractivity contribution < 1.29 is 4.39 Å². The standard InChI is InChI=1S/C18H22FN/c1-13-11-14(2)18(16(19)12-13)17(20)10-6-9-15-7-4-3-5-8-15/h3-5,7-8,11-12,17H,6,9-10,20H2,1-2H3. The van der Waals surface area contributed by atoms with Crippen LogP contribution in [0.3, 0.4) is 0 Å². The van der Waals surface area contributed by atoms with Crippen molar-refractivity contribution in [3.05, 3.63) is 70.5 Å². The molecule has 2 N–H and O–H groups in total. The second kappa shape index (κ2) is 6.67. The predicted octanol–water partition coefficient (Wildman–Crippen LogP) is 4.47. The summed E-state index contributed by atoms with van der Waals surface area (Å²) in [7, 11) is 0. The van der Waals surface area contributed by atoms with E-state index in [0.717, 1.165) is 30.4 Å². The molecule has 0 aliphatic carbocycles. The minimum absolute atomic E-state index is 0.172. The molecule has 0 aliphatic rings. The molecule has 1 unspecified atom stereocenters. The first kappa shape index (κ1) is 14.7. The van der Waals surface area contributed by atoms with E-state index >= 15 is 0 Å². The van der Waals surface area contributed by atoms with Crippen LogP contribution in [0.25, 0.3) is 0 Å². The van der Waals surface area contributed by atoms with Gasteiger partial charge in [0.2, 0.25) is 0 Å². The first-order chi connectivity index (χ1) is 9.58. The highest BCUT2D eigenvalue weighted by molar-refractivity contribution is 5.34. The molecule has 106 valence electrons. The van der Waals surface area contributed by atoms with Crippen molar-refractivity contribution in [3.63, 3.8) is 0 Å². The number of hydrogen-bond donors (Lipinski definition) is 1. The maximum atomic E-state index is 14.0. The molecule has 2 aromatic carbocycles. The molecule has 0 fully saturated rings. The molecular weight excluding hydrogens is 249 g/mol. The maximum absolute atomic E-state index is 14.0. The largest absolute Gasteiger partial charge is 0.324 e. The zero-order valence-electron chi connectivity index (χ0n) is 12.2. The van der Waals surface area contributed by atoms with Gasteiger partial charge in [-0.05, 0) is 55.9 Å². The third kappa shape index (κ3) is 3.67. The van der Waals surface area contributed by atoms with Crippen LogP contribution in [0.1, 0.15) is 41.1 Å². The summed E-state index contributed by atoms with van der Waals surface area (Å²) in [6, 6.07) is 13.7. The topological polar surface area (TPSA) is 26.0 Å². The highest BCUT2D eigenvalue weighted by Crippen LogP contribution is 2.25. The lowest BCUT2D eigenvalue weighted by molar-refractivity contribution is 0.547. The number of benzene rings is 2. The van der Waals surface area contributed by atoms with Crippen LogP contribution in [0.5, 0.6) is 0 Å². The number of nitrogens with two attached hydrogens (primary N) is 1. The zero-order valence-corrected chi connectivity index (χ0v) is 12.2. The average Bonchev–Trinajstić information content (AvgIpc) is 2.38. The van der Waals surface area contributed by atoms with Crippen molar-refractivity contribution in [2.45, 2.75) is 39.2 Å². The first-order valence-electron chi connectivity index (χ1n) is 7.14. The SMILES string of the molecule is Cc1cc(C)c(C(N)CCCc2ccccc2)c(F)c1. The molecule has 2 aromatic rings. The van der Waals surface area contributed by atoms with Gasteiger partial charge in [0.25, 0.3) is 0 Å². The highest BCUT2D eigenvalue weighted by atomic mass is 19.1. The summed E-state index contributed by atoms with van der Waals surface area (Å²) in [4.78, 5) is 0. The summed E-state index contributed by atoms with van der Waals surface area (Å²) in [6.45, 7) is 3.84. The van der Waals surface area contributed by atoms with E-state index in [1.54, 1.807) is 6.07 Å². The molecule has 0 aliphatic heterocycles. The minimum Gasteiger partial charge on any atom is -0.324 e. The molecule has 0 radical (unpaired) electrons. The van der Waals surface area contributed by atoms with Crippen LogP contribution in [-0.4, -0.2) is 0 Å². The Morgan fingerprint density at radius 2 is 1.80 bits per heavy atom. The van der Waals surface area contributed by atoms with Crippen LogP contribution in [0.4, 0.5) is 4.39 Å². The van der Waals surface area contributed by atoms with Gasteiger partial charge in [-0.3, -0.25) is 0 Å². The van der Waals surface area contributed by atoms with Gasteiger partial charge in [0.1, 0.15) is 5.82 Å². The van der Waals surface area contributed by atoms with Crippen molar-refractivity contribution in [1.29, 1.82) is 0 Å². The van der Waals surface area contributed by atoms with Gasteiger partial charge in [0, 0.05) is 11.6 Å². The average molecular weight is 271 g/mol. The summed E-state index contributed by atoms with van der Waals surface area (Å²) in [5, 5.41) is 0. The third-order valence-electron chi connectivity index (χ3n) is 3.67. The molecule has 20 heavy (non-hydrogen) atoms. The first-order valence-corrected chi connectivity index (χ1v) is 7.14. The number of hydrogen-bond acceptors (Lipinski definition) is 1. The van der Waals surface area contributed by atoms with E-state index in [2.05, 4.69) is 12.1 Å².